The van der Waals surface area contributed by atoms with E-state index in [0.717, 1.165) is 21.9 Å². The van der Waals surface area contributed by atoms with Crippen molar-refractivity contribution in [2.45, 2.75) is 24.3 Å². The second-order valence-corrected chi connectivity index (χ2v) is 8.01. The number of primary amides is 1. The molecule has 0 radical (unpaired) electrons. The highest BCUT2D eigenvalue weighted by Gasteiger charge is 2.22. The van der Waals surface area contributed by atoms with Gasteiger partial charge in [-0.05, 0) is 17.7 Å². The number of fused-ring (bicyclic) bond motifs is 1. The van der Waals surface area contributed by atoms with Crippen molar-refractivity contribution >= 4 is 47.6 Å². The van der Waals surface area contributed by atoms with Gasteiger partial charge < -0.3 is 26.4 Å². The largest absolute Gasteiger partial charge is 0.441 e. The van der Waals surface area contributed by atoms with Crippen LogP contribution in [0.4, 0.5) is 5.69 Å². The maximum atomic E-state index is 12.0. The van der Waals surface area contributed by atoms with Crippen LogP contribution in [0.1, 0.15) is 18.4 Å². The Kier molecular flexibility index (Phi) is 13.9. The Morgan fingerprint density at radius 3 is 2.53 bits per heavy atom. The van der Waals surface area contributed by atoms with Gasteiger partial charge in [0.1, 0.15) is 12.7 Å². The molecule has 3 rings (SSSR count). The van der Waals surface area contributed by atoms with Gasteiger partial charge in [-0.1, -0.05) is 42.5 Å². The van der Waals surface area contributed by atoms with Crippen LogP contribution in [0.15, 0.2) is 59.5 Å². The number of ether oxygens (including phenoxy) is 1. The zero-order valence-corrected chi connectivity index (χ0v) is 20.3. The lowest BCUT2D eigenvalue weighted by molar-refractivity contribution is -0.119. The Morgan fingerprint density at radius 1 is 1.12 bits per heavy atom. The minimum absolute atomic E-state index is 0. The third kappa shape index (κ3) is 10.6. The highest BCUT2D eigenvalue weighted by molar-refractivity contribution is 7.99. The van der Waals surface area contributed by atoms with Gasteiger partial charge >= 0.3 is 0 Å². The topological polar surface area (TPSA) is 128 Å². The predicted octanol–water partition coefficient (Wildman–Crippen LogP) is 2.05. The number of carbonyl (C=O) groups is 3. The van der Waals surface area contributed by atoms with Crippen molar-refractivity contribution in [1.29, 1.82) is 0 Å². The first-order chi connectivity index (χ1) is 16.0. The maximum Gasteiger partial charge on any atom is 0.299 e. The molecule has 0 saturated carbocycles. The van der Waals surface area contributed by atoms with Gasteiger partial charge in [0.15, 0.2) is 0 Å². The summed E-state index contributed by atoms with van der Waals surface area (Å²) in [6.45, 7) is 1.56. The number of anilines is 1. The number of nitrogens with two attached hydrogens (primary N) is 2. The number of hydrogen-bond donors (Lipinski definition) is 3. The van der Waals surface area contributed by atoms with Crippen LogP contribution in [0, 0.1) is 12.0 Å². The second-order valence-electron chi connectivity index (χ2n) is 6.87. The standard InChI is InChI=1S/C12H14N2O2S.C12H14N2O2.ClH/c13-11(15)5-7-14-9-3-1-2-4-10(9)17-8-6-12(14)16;13-7-8-14-12(15)6-9-16-10-11-4-2-1-3-5-11;/h1-4H,5-8H2,(H2,13,15);1-5H,7-8,10,13H2,(H,14,15);1H. The number of benzene rings is 2. The van der Waals surface area contributed by atoms with E-state index in [4.69, 9.17) is 16.2 Å². The monoisotopic (exact) mass is 504 g/mol. The van der Waals surface area contributed by atoms with E-state index in [1.807, 2.05) is 54.6 Å². The highest BCUT2D eigenvalue weighted by Crippen LogP contribution is 2.33. The molecule has 0 aromatic heterocycles. The fourth-order valence-corrected chi connectivity index (χ4v) is 3.79. The van der Waals surface area contributed by atoms with E-state index in [0.29, 0.717) is 32.7 Å². The number of hydrogen-bond acceptors (Lipinski definition) is 6. The van der Waals surface area contributed by atoms with Crippen LogP contribution in [0.25, 0.3) is 0 Å². The third-order valence-corrected chi connectivity index (χ3v) is 5.43. The predicted molar refractivity (Wildman–Crippen MR) is 136 cm³/mol. The van der Waals surface area contributed by atoms with Crippen molar-refractivity contribution in [3.63, 3.8) is 0 Å². The number of nitrogens with zero attached hydrogens (tertiary/aromatic N) is 1. The van der Waals surface area contributed by atoms with E-state index in [-0.39, 0.29) is 36.5 Å². The molecule has 2 aromatic rings. The maximum absolute atomic E-state index is 12.0. The molecule has 8 nitrogen and oxygen atoms in total. The zero-order chi connectivity index (χ0) is 23.9. The molecule has 0 unspecified atom stereocenters. The van der Waals surface area contributed by atoms with Gasteiger partial charge in [-0.3, -0.25) is 14.4 Å². The highest BCUT2D eigenvalue weighted by atomic mass is 35.5. The molecule has 3 amide bonds. The van der Waals surface area contributed by atoms with Crippen molar-refractivity contribution < 1.29 is 19.1 Å². The summed E-state index contributed by atoms with van der Waals surface area (Å²) >= 11 is 1.67. The van der Waals surface area contributed by atoms with Crippen LogP contribution in [0.5, 0.6) is 0 Å². The van der Waals surface area contributed by atoms with Gasteiger partial charge in [-0.25, -0.2) is 0 Å². The summed E-state index contributed by atoms with van der Waals surface area (Å²) in [6.07, 6.45) is 3.04. The Morgan fingerprint density at radius 2 is 1.82 bits per heavy atom. The molecule has 1 aliphatic rings. The number of amides is 3. The first-order valence-electron chi connectivity index (χ1n) is 10.5. The number of halogens is 1. The smallest absolute Gasteiger partial charge is 0.299 e. The van der Waals surface area contributed by atoms with Crippen LogP contribution >= 0.6 is 24.2 Å². The van der Waals surface area contributed by atoms with E-state index in [1.165, 1.54) is 0 Å². The Balaban J connectivity index is 0.000000331. The van der Waals surface area contributed by atoms with Crippen molar-refractivity contribution in [2.75, 3.05) is 30.3 Å². The molecule has 182 valence electrons. The Labute approximate surface area is 210 Å². The molecule has 0 bridgehead atoms. The molecule has 34 heavy (non-hydrogen) atoms. The normalized spacial score (nSPS) is 11.8. The molecule has 0 spiro atoms. The first kappa shape index (κ1) is 28.8. The zero-order valence-electron chi connectivity index (χ0n) is 18.7. The van der Waals surface area contributed by atoms with Crippen LogP contribution < -0.4 is 21.7 Å². The number of nitrogens with one attached hydrogen (secondary N) is 1. The summed E-state index contributed by atoms with van der Waals surface area (Å²) in [7, 11) is 0. The third-order valence-electron chi connectivity index (χ3n) is 4.36. The van der Waals surface area contributed by atoms with E-state index in [2.05, 4.69) is 17.3 Å². The van der Waals surface area contributed by atoms with Crippen molar-refractivity contribution in [1.82, 2.24) is 5.32 Å². The molecular weight excluding hydrogens is 476 g/mol. The number of para-hydroxylation sites is 1. The molecule has 0 fully saturated rings. The summed E-state index contributed by atoms with van der Waals surface area (Å²) in [4.78, 5) is 36.5. The average Bonchev–Trinajstić information content (AvgIpc) is 2.98. The van der Waals surface area contributed by atoms with E-state index in [1.54, 1.807) is 16.7 Å². The number of rotatable bonds is 7. The molecule has 10 heteroatoms. The van der Waals surface area contributed by atoms with Crippen molar-refractivity contribution in [3.8, 4) is 12.0 Å². The Bertz CT molecular complexity index is 995. The van der Waals surface area contributed by atoms with Crippen LogP contribution in [-0.2, 0) is 25.7 Å². The minimum Gasteiger partial charge on any atom is -0.441 e. The minimum atomic E-state index is -0.382. The van der Waals surface area contributed by atoms with Gasteiger partial charge in [0.25, 0.3) is 5.91 Å². The van der Waals surface area contributed by atoms with E-state index >= 15 is 0 Å². The molecule has 1 heterocycles. The average molecular weight is 505 g/mol. The van der Waals surface area contributed by atoms with Crippen LogP contribution in [0.3, 0.4) is 0 Å². The molecule has 1 aliphatic heterocycles. The summed E-state index contributed by atoms with van der Waals surface area (Å²) < 4.78 is 5.02. The SMILES string of the molecule is Cl.NC(=O)CCN1C(=O)CCSc2ccccc21.NCCNC(=O)C#COCc1ccccc1. The Hall–Kier alpha value is -3.19. The van der Waals surface area contributed by atoms with E-state index < -0.39 is 0 Å². The lowest BCUT2D eigenvalue weighted by Crippen LogP contribution is -2.33. The molecule has 0 aliphatic carbocycles. The van der Waals surface area contributed by atoms with Crippen LogP contribution in [0.2, 0.25) is 0 Å². The van der Waals surface area contributed by atoms with Gasteiger partial charge in [0.2, 0.25) is 11.8 Å². The van der Waals surface area contributed by atoms with Crippen molar-refractivity contribution in [2.24, 2.45) is 11.5 Å². The van der Waals surface area contributed by atoms with Crippen LogP contribution in [-0.4, -0.2) is 43.1 Å². The first-order valence-corrected chi connectivity index (χ1v) is 11.4. The quantitative estimate of drug-likeness (QED) is 0.495. The van der Waals surface area contributed by atoms with Crippen molar-refractivity contribution in [3.05, 3.63) is 60.2 Å². The molecule has 0 atom stereocenters. The number of carbonyl (C=O) groups excluding carboxylic acids is 3. The van der Waals surface area contributed by atoms with Gasteiger partial charge in [-0.15, -0.1) is 24.2 Å². The molecule has 5 N–H and O–H groups in total. The molecule has 2 aromatic carbocycles. The summed E-state index contributed by atoms with van der Waals surface area (Å²) in [5.41, 5.74) is 12.2. The number of thioether (sulfide) groups is 1. The lowest BCUT2D eigenvalue weighted by Gasteiger charge is -2.21. The summed E-state index contributed by atoms with van der Waals surface area (Å²) in [6, 6.07) is 17.4. The fraction of sp³-hybridized carbons (Fsp3) is 0.292. The second kappa shape index (κ2) is 16.4. The van der Waals surface area contributed by atoms with Gasteiger partial charge in [0, 0.05) is 49.0 Å². The fourth-order valence-electron chi connectivity index (χ4n) is 2.79. The van der Waals surface area contributed by atoms with E-state index in [9.17, 15) is 14.4 Å². The lowest BCUT2D eigenvalue weighted by atomic mass is 10.2. The molecular formula is C24H29ClN4O4S. The summed E-state index contributed by atoms with van der Waals surface area (Å²) in [5.74, 6) is 2.39. The summed E-state index contributed by atoms with van der Waals surface area (Å²) in [5, 5.41) is 2.51. The van der Waals surface area contributed by atoms with Gasteiger partial charge in [0.05, 0.1) is 5.69 Å². The molecule has 0 saturated heterocycles. The van der Waals surface area contributed by atoms with Gasteiger partial charge in [-0.2, -0.15) is 0 Å².